The van der Waals surface area contributed by atoms with Gasteiger partial charge in [-0.1, -0.05) is 12.1 Å². The quantitative estimate of drug-likeness (QED) is 0.360. The first kappa shape index (κ1) is 29.7. The van der Waals surface area contributed by atoms with Crippen LogP contribution >= 0.6 is 0 Å². The van der Waals surface area contributed by atoms with Crippen molar-refractivity contribution >= 4 is 17.3 Å². The van der Waals surface area contributed by atoms with Gasteiger partial charge in [0.15, 0.2) is 17.9 Å². The first-order valence-electron chi connectivity index (χ1n) is 14.7. The third kappa shape index (κ3) is 4.74. The maximum atomic E-state index is 13.8. The molecule has 2 fully saturated rings. The van der Waals surface area contributed by atoms with Gasteiger partial charge in [-0.2, -0.15) is 0 Å². The summed E-state index contributed by atoms with van der Waals surface area (Å²) in [6, 6.07) is 4.62. The highest BCUT2D eigenvalue weighted by Gasteiger charge is 2.49. The maximum Gasteiger partial charge on any atom is 0.202 e. The van der Waals surface area contributed by atoms with Crippen LogP contribution in [0.25, 0.3) is 0 Å². The summed E-state index contributed by atoms with van der Waals surface area (Å²) in [5.74, 6) is -2.88. The van der Waals surface area contributed by atoms with Crippen LogP contribution in [0.2, 0.25) is 0 Å². The first-order valence-corrected chi connectivity index (χ1v) is 14.7. The number of ether oxygens (including phenoxy) is 4. The number of phenols is 2. The molecule has 0 radical (unpaired) electrons. The highest BCUT2D eigenvalue weighted by Crippen LogP contribution is 2.52. The lowest BCUT2D eigenvalue weighted by Gasteiger charge is -2.43. The molecule has 3 N–H and O–H groups in total. The number of aromatic hydroxyl groups is 2. The number of ketones is 3. The van der Waals surface area contributed by atoms with E-state index in [-0.39, 0.29) is 70.3 Å². The second-order valence-corrected chi connectivity index (χ2v) is 12.0. The standard InChI is InChI=1S/C32H37NO10/c1-15-11-17(33-10-6-9-22(33)41-4)12-23(42-15)43-21-14-32(39,16(2)34)13-19-25(21)31(38)27-26(29(19)36)28(35)18-7-5-8-20(40-3)24(18)30(27)37/h5,7-8,15,17,21-23,36,38-39H,6,9-14H2,1-4H3. The average Bonchev–Trinajstić information content (AvgIpc) is 3.46. The van der Waals surface area contributed by atoms with Crippen LogP contribution in [0.5, 0.6) is 17.2 Å². The topological polar surface area (TPSA) is 152 Å². The van der Waals surface area contributed by atoms with E-state index >= 15 is 0 Å². The Labute approximate surface area is 249 Å². The number of fused-ring (bicyclic) bond motifs is 3. The van der Waals surface area contributed by atoms with E-state index in [4.69, 9.17) is 18.9 Å². The summed E-state index contributed by atoms with van der Waals surface area (Å²) in [6.07, 6.45) is 0.444. The van der Waals surface area contributed by atoms with E-state index < -0.39 is 46.8 Å². The lowest BCUT2D eigenvalue weighted by atomic mass is 9.72. The van der Waals surface area contributed by atoms with Crippen molar-refractivity contribution in [3.05, 3.63) is 51.6 Å². The summed E-state index contributed by atoms with van der Waals surface area (Å²) in [5, 5.41) is 34.7. The van der Waals surface area contributed by atoms with E-state index in [1.165, 1.54) is 26.2 Å². The van der Waals surface area contributed by atoms with Crippen LogP contribution in [0.4, 0.5) is 0 Å². The summed E-state index contributed by atoms with van der Waals surface area (Å²) in [7, 11) is 3.06. The number of Topliss-reactive ketones (excluding diaryl/α,β-unsaturated/α-hetero) is 1. The van der Waals surface area contributed by atoms with Crippen LogP contribution < -0.4 is 4.74 Å². The Morgan fingerprint density at radius 1 is 1.07 bits per heavy atom. The average molecular weight is 596 g/mol. The number of nitrogens with zero attached hydrogens (tertiary/aromatic N) is 1. The van der Waals surface area contributed by atoms with Crippen molar-refractivity contribution in [1.29, 1.82) is 0 Å². The summed E-state index contributed by atoms with van der Waals surface area (Å²) in [6.45, 7) is 4.05. The number of phenolic OH excluding ortho intramolecular Hbond substituents is 2. The Morgan fingerprint density at radius 2 is 1.81 bits per heavy atom. The van der Waals surface area contributed by atoms with Crippen molar-refractivity contribution in [1.82, 2.24) is 4.90 Å². The molecule has 2 saturated heterocycles. The predicted octanol–water partition coefficient (Wildman–Crippen LogP) is 3.17. The van der Waals surface area contributed by atoms with Gasteiger partial charge in [-0.15, -0.1) is 0 Å². The number of carbonyl (C=O) groups is 3. The van der Waals surface area contributed by atoms with Crippen molar-refractivity contribution < 1.29 is 48.7 Å². The second kappa shape index (κ2) is 11.0. The van der Waals surface area contributed by atoms with Crippen molar-refractivity contribution in [3.63, 3.8) is 0 Å². The van der Waals surface area contributed by atoms with Gasteiger partial charge >= 0.3 is 0 Å². The molecule has 0 spiro atoms. The van der Waals surface area contributed by atoms with Crippen LogP contribution in [0.1, 0.15) is 95.0 Å². The van der Waals surface area contributed by atoms with Gasteiger partial charge in [0.1, 0.15) is 29.1 Å². The lowest BCUT2D eigenvalue weighted by molar-refractivity contribution is -0.237. The number of benzene rings is 2. The highest BCUT2D eigenvalue weighted by atomic mass is 16.7. The normalized spacial score (nSPS) is 30.5. The molecule has 0 aromatic heterocycles. The molecular formula is C32H37NO10. The van der Waals surface area contributed by atoms with E-state index in [9.17, 15) is 29.7 Å². The van der Waals surface area contributed by atoms with Crippen LogP contribution in [-0.4, -0.2) is 88.6 Å². The zero-order chi connectivity index (χ0) is 30.8. The fraction of sp³-hybridized carbons (Fsp3) is 0.531. The third-order valence-corrected chi connectivity index (χ3v) is 9.48. The number of hydrogen-bond donors (Lipinski definition) is 3. The van der Waals surface area contributed by atoms with Gasteiger partial charge in [0.25, 0.3) is 0 Å². The Hall–Kier alpha value is -3.35. The number of likely N-dealkylation sites (tertiary alicyclic amines) is 1. The molecule has 2 aromatic carbocycles. The Morgan fingerprint density at radius 3 is 2.51 bits per heavy atom. The van der Waals surface area contributed by atoms with Crippen molar-refractivity contribution in [2.45, 2.75) is 88.7 Å². The molecule has 6 unspecified atom stereocenters. The third-order valence-electron chi connectivity index (χ3n) is 9.48. The van der Waals surface area contributed by atoms with Gasteiger partial charge in [-0.25, -0.2) is 0 Å². The minimum absolute atomic E-state index is 0.00917. The molecule has 0 amide bonds. The minimum atomic E-state index is -1.95. The van der Waals surface area contributed by atoms with Gasteiger partial charge in [-0.3, -0.25) is 19.3 Å². The molecule has 11 nitrogen and oxygen atoms in total. The predicted molar refractivity (Wildman–Crippen MR) is 152 cm³/mol. The van der Waals surface area contributed by atoms with Gasteiger partial charge in [0.2, 0.25) is 5.78 Å². The SMILES string of the molecule is COc1cccc2c1C(=O)c1c(O)c3c(c(O)c1C2=O)CC(O)(C(C)=O)CC3OC1CC(N2CCCC2OC)CC(C)O1. The summed E-state index contributed by atoms with van der Waals surface area (Å²) >= 11 is 0. The molecule has 6 rings (SSSR count). The number of aliphatic hydroxyl groups is 1. The number of methoxy groups -OCH3 is 2. The van der Waals surface area contributed by atoms with Crippen LogP contribution in [0, 0.1) is 0 Å². The molecule has 11 heteroatoms. The molecule has 0 bridgehead atoms. The second-order valence-electron chi connectivity index (χ2n) is 12.0. The van der Waals surface area contributed by atoms with E-state index in [0.717, 1.165) is 25.8 Å². The first-order chi connectivity index (χ1) is 20.5. The fourth-order valence-corrected chi connectivity index (χ4v) is 7.35. The molecule has 2 aromatic rings. The highest BCUT2D eigenvalue weighted by molar-refractivity contribution is 6.31. The molecule has 2 heterocycles. The van der Waals surface area contributed by atoms with E-state index in [1.54, 1.807) is 13.2 Å². The van der Waals surface area contributed by atoms with E-state index in [2.05, 4.69) is 4.90 Å². The Balaban J connectivity index is 1.43. The summed E-state index contributed by atoms with van der Waals surface area (Å²) in [5.41, 5.74) is -2.66. The van der Waals surface area contributed by atoms with Gasteiger partial charge in [0.05, 0.1) is 36.0 Å². The Bertz CT molecular complexity index is 1500. The molecule has 2 aliphatic heterocycles. The number of rotatable bonds is 6. The van der Waals surface area contributed by atoms with E-state index in [0.29, 0.717) is 6.42 Å². The van der Waals surface area contributed by atoms with Gasteiger partial charge in [0, 0.05) is 55.6 Å². The monoisotopic (exact) mass is 595 g/mol. The lowest BCUT2D eigenvalue weighted by Crippen LogP contribution is -2.49. The molecule has 0 saturated carbocycles. The largest absolute Gasteiger partial charge is 0.507 e. The zero-order valence-electron chi connectivity index (χ0n) is 24.7. The fourth-order valence-electron chi connectivity index (χ4n) is 7.35. The molecule has 43 heavy (non-hydrogen) atoms. The Kier molecular flexibility index (Phi) is 7.58. The number of hydrogen-bond acceptors (Lipinski definition) is 11. The van der Waals surface area contributed by atoms with E-state index in [1.807, 2.05) is 6.92 Å². The van der Waals surface area contributed by atoms with Crippen LogP contribution in [0.15, 0.2) is 18.2 Å². The maximum absolute atomic E-state index is 13.8. The minimum Gasteiger partial charge on any atom is -0.507 e. The summed E-state index contributed by atoms with van der Waals surface area (Å²) < 4.78 is 23.6. The molecule has 230 valence electrons. The molecule has 2 aliphatic carbocycles. The van der Waals surface area contributed by atoms with Crippen molar-refractivity contribution in [2.24, 2.45) is 0 Å². The van der Waals surface area contributed by atoms with Gasteiger partial charge in [-0.05, 0) is 39.2 Å². The molecule has 4 aliphatic rings. The smallest absolute Gasteiger partial charge is 0.202 e. The summed E-state index contributed by atoms with van der Waals surface area (Å²) in [4.78, 5) is 42.5. The van der Waals surface area contributed by atoms with Crippen molar-refractivity contribution in [3.8, 4) is 17.2 Å². The van der Waals surface area contributed by atoms with Gasteiger partial charge < -0.3 is 34.3 Å². The van der Waals surface area contributed by atoms with Crippen LogP contribution in [0.3, 0.4) is 0 Å². The molecule has 6 atom stereocenters. The zero-order valence-corrected chi connectivity index (χ0v) is 24.7. The molecular weight excluding hydrogens is 558 g/mol. The van der Waals surface area contributed by atoms with Crippen LogP contribution in [-0.2, 0) is 25.4 Å². The number of carbonyl (C=O) groups excluding carboxylic acids is 3. The van der Waals surface area contributed by atoms with Crippen molar-refractivity contribution in [2.75, 3.05) is 20.8 Å².